The highest BCUT2D eigenvalue weighted by molar-refractivity contribution is 5.23. The Morgan fingerprint density at radius 1 is 0.591 bits per heavy atom. The smallest absolute Gasteiger partial charge is 0.0610 e. The van der Waals surface area contributed by atoms with Gasteiger partial charge in [-0.25, -0.2) is 0 Å². The number of rotatable bonds is 8. The fourth-order valence-electron chi connectivity index (χ4n) is 2.12. The van der Waals surface area contributed by atoms with Crippen molar-refractivity contribution in [2.24, 2.45) is 0 Å². The fourth-order valence-corrected chi connectivity index (χ4v) is 2.12. The SMILES string of the molecule is C#CCN(CC#C)Cc1ccc(CN(CC#C)CC#C)cc1. The van der Waals surface area contributed by atoms with Crippen LogP contribution in [0.25, 0.3) is 0 Å². The van der Waals surface area contributed by atoms with Gasteiger partial charge in [0.25, 0.3) is 0 Å². The lowest BCUT2D eigenvalue weighted by atomic mass is 10.1. The average Bonchev–Trinajstić information content (AvgIpc) is 2.50. The van der Waals surface area contributed by atoms with Crippen molar-refractivity contribution in [3.63, 3.8) is 0 Å². The molecule has 0 spiro atoms. The molecule has 0 aliphatic heterocycles. The van der Waals surface area contributed by atoms with E-state index in [1.807, 2.05) is 9.80 Å². The van der Waals surface area contributed by atoms with E-state index in [1.165, 1.54) is 11.1 Å². The summed E-state index contributed by atoms with van der Waals surface area (Å²) in [5.74, 6) is 10.5. The Bertz CT molecular complexity index is 525. The second-order valence-electron chi connectivity index (χ2n) is 4.92. The molecular formula is C20H20N2. The lowest BCUT2D eigenvalue weighted by molar-refractivity contribution is 0.335. The molecule has 2 heteroatoms. The van der Waals surface area contributed by atoms with Gasteiger partial charge in [0, 0.05) is 13.1 Å². The average molecular weight is 288 g/mol. The molecule has 0 fully saturated rings. The summed E-state index contributed by atoms with van der Waals surface area (Å²) in [4.78, 5) is 4.08. The second-order valence-corrected chi connectivity index (χ2v) is 4.92. The molecule has 0 atom stereocenters. The van der Waals surface area contributed by atoms with Crippen LogP contribution in [0.2, 0.25) is 0 Å². The van der Waals surface area contributed by atoms with Gasteiger partial charge in [0.2, 0.25) is 0 Å². The van der Waals surface area contributed by atoms with Crippen molar-refractivity contribution in [1.29, 1.82) is 0 Å². The summed E-state index contributed by atoms with van der Waals surface area (Å²) in [6.07, 6.45) is 21.4. The van der Waals surface area contributed by atoms with E-state index < -0.39 is 0 Å². The van der Waals surface area contributed by atoms with Crippen LogP contribution in [-0.4, -0.2) is 36.0 Å². The van der Waals surface area contributed by atoms with Crippen LogP contribution in [0.3, 0.4) is 0 Å². The quantitative estimate of drug-likeness (QED) is 0.673. The molecular weight excluding hydrogens is 268 g/mol. The minimum atomic E-state index is 0.546. The maximum Gasteiger partial charge on any atom is 0.0610 e. The van der Waals surface area contributed by atoms with Crippen LogP contribution in [-0.2, 0) is 13.1 Å². The third-order valence-electron chi connectivity index (χ3n) is 3.09. The van der Waals surface area contributed by atoms with E-state index in [0.717, 1.165) is 13.1 Å². The maximum absolute atomic E-state index is 5.35. The second kappa shape index (κ2) is 10.2. The van der Waals surface area contributed by atoms with E-state index in [1.54, 1.807) is 0 Å². The summed E-state index contributed by atoms with van der Waals surface area (Å²) in [7, 11) is 0. The summed E-state index contributed by atoms with van der Waals surface area (Å²) < 4.78 is 0. The molecule has 0 aliphatic rings. The van der Waals surface area contributed by atoms with E-state index in [4.69, 9.17) is 25.7 Å². The van der Waals surface area contributed by atoms with Crippen molar-refractivity contribution in [2.75, 3.05) is 26.2 Å². The van der Waals surface area contributed by atoms with Crippen molar-refractivity contribution in [3.8, 4) is 49.4 Å². The first kappa shape index (κ1) is 17.4. The molecule has 0 saturated carbocycles. The highest BCUT2D eigenvalue weighted by Gasteiger charge is 2.05. The van der Waals surface area contributed by atoms with Crippen molar-refractivity contribution in [3.05, 3.63) is 35.4 Å². The van der Waals surface area contributed by atoms with Gasteiger partial charge >= 0.3 is 0 Å². The van der Waals surface area contributed by atoms with Crippen molar-refractivity contribution < 1.29 is 0 Å². The Balaban J connectivity index is 2.66. The third kappa shape index (κ3) is 6.22. The summed E-state index contributed by atoms with van der Waals surface area (Å²) in [5.41, 5.74) is 2.35. The first-order valence-electron chi connectivity index (χ1n) is 6.99. The van der Waals surface area contributed by atoms with E-state index in [0.29, 0.717) is 26.2 Å². The third-order valence-corrected chi connectivity index (χ3v) is 3.09. The lowest BCUT2D eigenvalue weighted by Crippen LogP contribution is -2.24. The van der Waals surface area contributed by atoms with Gasteiger partial charge in [0.05, 0.1) is 26.2 Å². The Labute approximate surface area is 134 Å². The van der Waals surface area contributed by atoms with Crippen LogP contribution in [0.5, 0.6) is 0 Å². The first-order chi connectivity index (χ1) is 10.7. The molecule has 2 nitrogen and oxygen atoms in total. The van der Waals surface area contributed by atoms with Crippen LogP contribution < -0.4 is 0 Å². The molecule has 1 aromatic carbocycles. The zero-order valence-corrected chi connectivity index (χ0v) is 12.8. The molecule has 0 saturated heterocycles. The highest BCUT2D eigenvalue weighted by Crippen LogP contribution is 2.09. The van der Waals surface area contributed by atoms with Gasteiger partial charge < -0.3 is 0 Å². The van der Waals surface area contributed by atoms with Crippen LogP contribution in [0.4, 0.5) is 0 Å². The Morgan fingerprint density at radius 2 is 0.864 bits per heavy atom. The Hall–Kier alpha value is -2.62. The number of benzene rings is 1. The monoisotopic (exact) mass is 288 g/mol. The van der Waals surface area contributed by atoms with Crippen LogP contribution in [0, 0.1) is 49.4 Å². The van der Waals surface area contributed by atoms with Gasteiger partial charge in [-0.15, -0.1) is 25.7 Å². The normalized spacial score (nSPS) is 9.73. The number of hydrogen-bond acceptors (Lipinski definition) is 2. The highest BCUT2D eigenvalue weighted by atomic mass is 15.1. The van der Waals surface area contributed by atoms with Gasteiger partial charge in [0.15, 0.2) is 0 Å². The zero-order chi connectivity index (χ0) is 16.2. The standard InChI is InChI=1S/C20H20N2/c1-5-13-21(14-6-2)17-19-9-11-20(12-10-19)18-22(15-7-3)16-8-4/h1-4,9-12H,13-18H2. The van der Waals surface area contributed by atoms with Gasteiger partial charge in [0.1, 0.15) is 0 Å². The number of nitrogens with zero attached hydrogens (tertiary/aromatic N) is 2. The number of terminal acetylenes is 4. The molecule has 0 aliphatic carbocycles. The molecule has 110 valence electrons. The van der Waals surface area contributed by atoms with Crippen molar-refractivity contribution in [2.45, 2.75) is 13.1 Å². The van der Waals surface area contributed by atoms with E-state index in [-0.39, 0.29) is 0 Å². The summed E-state index contributed by atoms with van der Waals surface area (Å²) >= 11 is 0. The van der Waals surface area contributed by atoms with E-state index in [9.17, 15) is 0 Å². The molecule has 0 aromatic heterocycles. The maximum atomic E-state index is 5.35. The van der Waals surface area contributed by atoms with E-state index in [2.05, 4.69) is 47.9 Å². The van der Waals surface area contributed by atoms with Crippen molar-refractivity contribution >= 4 is 0 Å². The molecule has 0 radical (unpaired) electrons. The van der Waals surface area contributed by atoms with Gasteiger partial charge in [-0.1, -0.05) is 47.9 Å². The van der Waals surface area contributed by atoms with Gasteiger partial charge in [-0.2, -0.15) is 0 Å². The minimum Gasteiger partial charge on any atom is -0.277 e. The minimum absolute atomic E-state index is 0.546. The van der Waals surface area contributed by atoms with Gasteiger partial charge in [-0.3, -0.25) is 9.80 Å². The largest absolute Gasteiger partial charge is 0.277 e. The van der Waals surface area contributed by atoms with Gasteiger partial charge in [-0.05, 0) is 11.1 Å². The molecule has 0 unspecified atom stereocenters. The van der Waals surface area contributed by atoms with Crippen LogP contribution in [0.1, 0.15) is 11.1 Å². The predicted molar refractivity (Wildman–Crippen MR) is 92.3 cm³/mol. The molecule has 0 amide bonds. The van der Waals surface area contributed by atoms with Crippen LogP contribution in [0.15, 0.2) is 24.3 Å². The van der Waals surface area contributed by atoms with E-state index >= 15 is 0 Å². The first-order valence-corrected chi connectivity index (χ1v) is 6.99. The zero-order valence-electron chi connectivity index (χ0n) is 12.8. The molecule has 1 rings (SSSR count). The topological polar surface area (TPSA) is 6.48 Å². The molecule has 22 heavy (non-hydrogen) atoms. The molecule has 0 heterocycles. The summed E-state index contributed by atoms with van der Waals surface area (Å²) in [5, 5.41) is 0. The summed E-state index contributed by atoms with van der Waals surface area (Å²) in [6.45, 7) is 3.67. The summed E-state index contributed by atoms with van der Waals surface area (Å²) in [6, 6.07) is 8.33. The number of hydrogen-bond donors (Lipinski definition) is 0. The lowest BCUT2D eigenvalue weighted by Gasteiger charge is -2.18. The molecule has 0 bridgehead atoms. The molecule has 1 aromatic rings. The predicted octanol–water partition coefficient (Wildman–Crippen LogP) is 1.82. The van der Waals surface area contributed by atoms with Crippen molar-refractivity contribution in [1.82, 2.24) is 9.80 Å². The Kier molecular flexibility index (Phi) is 8.05. The molecule has 0 N–H and O–H groups in total. The Morgan fingerprint density at radius 3 is 1.09 bits per heavy atom. The fraction of sp³-hybridized carbons (Fsp3) is 0.300. The van der Waals surface area contributed by atoms with Crippen LogP contribution >= 0.6 is 0 Å².